The van der Waals surface area contributed by atoms with E-state index in [1.54, 1.807) is 18.4 Å². The molecule has 0 saturated carbocycles. The number of benzene rings is 1. The Balaban J connectivity index is 1.32. The van der Waals surface area contributed by atoms with Crippen LogP contribution < -0.4 is 4.74 Å². The molecule has 4 heterocycles. The topological polar surface area (TPSA) is 50.1 Å². The molecule has 2 saturated heterocycles. The Morgan fingerprint density at radius 1 is 1.26 bits per heavy atom. The number of amides is 1. The monoisotopic (exact) mass is 438 g/mol. The van der Waals surface area contributed by atoms with Crippen LogP contribution in [0.3, 0.4) is 0 Å². The number of ether oxygens (including phenoxy) is 1. The van der Waals surface area contributed by atoms with Gasteiger partial charge in [0.05, 0.1) is 24.9 Å². The lowest BCUT2D eigenvalue weighted by Gasteiger charge is -2.30. The Kier molecular flexibility index (Phi) is 5.71. The minimum Gasteiger partial charge on any atom is -0.496 e. The minimum atomic E-state index is 0.226. The molecule has 2 atom stereocenters. The van der Waals surface area contributed by atoms with Gasteiger partial charge in [-0.15, -0.1) is 11.3 Å². The molecule has 164 valence electrons. The van der Waals surface area contributed by atoms with Gasteiger partial charge >= 0.3 is 0 Å². The first-order chi connectivity index (χ1) is 15.1. The zero-order valence-corrected chi connectivity index (χ0v) is 19.1. The van der Waals surface area contributed by atoms with Crippen molar-refractivity contribution in [2.45, 2.75) is 45.2 Å². The van der Waals surface area contributed by atoms with E-state index < -0.39 is 0 Å². The summed E-state index contributed by atoms with van der Waals surface area (Å²) in [7, 11) is 1.67. The third-order valence-corrected chi connectivity index (χ3v) is 7.65. The van der Waals surface area contributed by atoms with Crippen molar-refractivity contribution in [2.75, 3.05) is 26.7 Å². The fraction of sp³-hybridized carbons (Fsp3) is 0.500. The van der Waals surface area contributed by atoms with Crippen LogP contribution in [-0.2, 0) is 17.8 Å². The summed E-state index contributed by atoms with van der Waals surface area (Å²) in [5.74, 6) is 1.57. The summed E-state index contributed by atoms with van der Waals surface area (Å²) >= 11 is 1.68. The first-order valence-electron chi connectivity index (χ1n) is 11.2. The Morgan fingerprint density at radius 2 is 2.13 bits per heavy atom. The predicted octanol–water partition coefficient (Wildman–Crippen LogP) is 3.77. The lowest BCUT2D eigenvalue weighted by atomic mass is 9.98. The van der Waals surface area contributed by atoms with E-state index in [-0.39, 0.29) is 5.91 Å². The van der Waals surface area contributed by atoms with Crippen LogP contribution in [0.1, 0.15) is 36.2 Å². The van der Waals surface area contributed by atoms with E-state index in [0.717, 1.165) is 54.6 Å². The van der Waals surface area contributed by atoms with E-state index >= 15 is 0 Å². The molecule has 6 nitrogen and oxygen atoms in total. The Morgan fingerprint density at radius 3 is 3.00 bits per heavy atom. The van der Waals surface area contributed by atoms with E-state index in [1.807, 2.05) is 24.3 Å². The van der Waals surface area contributed by atoms with Gasteiger partial charge in [-0.3, -0.25) is 14.1 Å². The van der Waals surface area contributed by atoms with Gasteiger partial charge in [0.1, 0.15) is 5.75 Å². The number of carbonyl (C=O) groups excluding carboxylic acids is 1. The van der Waals surface area contributed by atoms with Crippen molar-refractivity contribution in [3.63, 3.8) is 0 Å². The predicted molar refractivity (Wildman–Crippen MR) is 123 cm³/mol. The van der Waals surface area contributed by atoms with Crippen LogP contribution in [-0.4, -0.2) is 57.9 Å². The van der Waals surface area contributed by atoms with Crippen LogP contribution in [0, 0.1) is 12.8 Å². The zero-order valence-electron chi connectivity index (χ0n) is 18.3. The standard InChI is InChI=1S/C24H30N4O2S/c1-17-20(28-11-12-31-24(28)25-17)15-26-14-19-8-5-6-10-27(21(19)16-26)23(29)13-18-7-3-4-9-22(18)30-2/h3-4,7,9,11-12,19,21H,5-6,8,10,13-16H2,1-2H3/t19-,21+/m0/s1. The molecule has 0 N–H and O–H groups in total. The molecule has 0 spiro atoms. The van der Waals surface area contributed by atoms with Gasteiger partial charge in [0.2, 0.25) is 5.91 Å². The van der Waals surface area contributed by atoms with Gasteiger partial charge < -0.3 is 9.64 Å². The number of nitrogens with zero attached hydrogens (tertiary/aromatic N) is 4. The maximum absolute atomic E-state index is 13.4. The molecular weight excluding hydrogens is 408 g/mol. The van der Waals surface area contributed by atoms with Gasteiger partial charge in [-0.1, -0.05) is 24.6 Å². The number of fused-ring (bicyclic) bond motifs is 2. The molecule has 2 fully saturated rings. The SMILES string of the molecule is COc1ccccc1CC(=O)N1CCCC[C@H]2CN(Cc3c(C)nc4sccn34)C[C@H]21. The molecule has 31 heavy (non-hydrogen) atoms. The van der Waals surface area contributed by atoms with E-state index in [0.29, 0.717) is 18.4 Å². The van der Waals surface area contributed by atoms with Crippen LogP contribution in [0.4, 0.5) is 0 Å². The second-order valence-electron chi connectivity index (χ2n) is 8.79. The molecule has 5 rings (SSSR count). The lowest BCUT2D eigenvalue weighted by molar-refractivity contribution is -0.133. The average molecular weight is 439 g/mol. The van der Waals surface area contributed by atoms with Gasteiger partial charge in [0, 0.05) is 49.4 Å². The molecule has 7 heteroatoms. The normalized spacial score (nSPS) is 21.9. The van der Waals surface area contributed by atoms with Crippen molar-refractivity contribution in [1.82, 2.24) is 19.2 Å². The molecule has 0 radical (unpaired) electrons. The number of para-hydroxylation sites is 1. The second kappa shape index (κ2) is 8.63. The summed E-state index contributed by atoms with van der Waals surface area (Å²) in [5, 5.41) is 2.09. The highest BCUT2D eigenvalue weighted by Gasteiger charge is 2.40. The van der Waals surface area contributed by atoms with Crippen molar-refractivity contribution >= 4 is 22.2 Å². The zero-order chi connectivity index (χ0) is 21.4. The van der Waals surface area contributed by atoms with E-state index in [2.05, 4.69) is 32.7 Å². The maximum Gasteiger partial charge on any atom is 0.227 e. The number of carbonyl (C=O) groups is 1. The van der Waals surface area contributed by atoms with E-state index in [9.17, 15) is 4.79 Å². The Labute approximate surface area is 187 Å². The molecule has 2 aromatic heterocycles. The number of hydrogen-bond donors (Lipinski definition) is 0. The van der Waals surface area contributed by atoms with Gasteiger partial charge in [-0.25, -0.2) is 4.98 Å². The summed E-state index contributed by atoms with van der Waals surface area (Å²) in [4.78, 5) is 23.9. The highest BCUT2D eigenvalue weighted by molar-refractivity contribution is 7.15. The molecule has 3 aromatic rings. The number of imidazole rings is 1. The summed E-state index contributed by atoms with van der Waals surface area (Å²) in [6.07, 6.45) is 6.03. The van der Waals surface area contributed by atoms with Crippen molar-refractivity contribution in [2.24, 2.45) is 5.92 Å². The summed E-state index contributed by atoms with van der Waals surface area (Å²) in [6.45, 7) is 5.86. The largest absolute Gasteiger partial charge is 0.496 e. The maximum atomic E-state index is 13.4. The molecule has 0 bridgehead atoms. The van der Waals surface area contributed by atoms with Gasteiger partial charge in [-0.05, 0) is 31.7 Å². The van der Waals surface area contributed by atoms with E-state index in [4.69, 9.17) is 9.72 Å². The average Bonchev–Trinajstić information content (AvgIpc) is 3.42. The van der Waals surface area contributed by atoms with Crippen LogP contribution in [0.25, 0.3) is 4.96 Å². The fourth-order valence-corrected chi connectivity index (χ4v) is 6.11. The summed E-state index contributed by atoms with van der Waals surface area (Å²) in [5.41, 5.74) is 3.36. The third kappa shape index (κ3) is 3.96. The molecule has 1 aromatic carbocycles. The third-order valence-electron chi connectivity index (χ3n) is 6.90. The molecule has 0 aliphatic carbocycles. The number of hydrogen-bond acceptors (Lipinski definition) is 5. The quantitative estimate of drug-likeness (QED) is 0.609. The molecule has 1 amide bonds. The molecule has 2 aliphatic heterocycles. The van der Waals surface area contributed by atoms with Crippen LogP contribution >= 0.6 is 11.3 Å². The van der Waals surface area contributed by atoms with Crippen molar-refractivity contribution in [3.05, 3.63) is 52.8 Å². The number of rotatable bonds is 5. The van der Waals surface area contributed by atoms with Crippen molar-refractivity contribution in [3.8, 4) is 5.75 Å². The van der Waals surface area contributed by atoms with Gasteiger partial charge in [0.15, 0.2) is 4.96 Å². The first kappa shape index (κ1) is 20.5. The Bertz CT molecular complexity index is 1070. The summed E-state index contributed by atoms with van der Waals surface area (Å²) < 4.78 is 7.70. The summed E-state index contributed by atoms with van der Waals surface area (Å²) in [6, 6.07) is 8.17. The molecule has 2 aliphatic rings. The molecule has 0 unspecified atom stereocenters. The second-order valence-corrected chi connectivity index (χ2v) is 9.67. The van der Waals surface area contributed by atoms with Crippen LogP contribution in [0.15, 0.2) is 35.8 Å². The molecular formula is C24H30N4O2S. The fourth-order valence-electron chi connectivity index (χ4n) is 5.33. The highest BCUT2D eigenvalue weighted by atomic mass is 32.1. The number of aromatic nitrogens is 2. The van der Waals surface area contributed by atoms with E-state index in [1.165, 1.54) is 18.5 Å². The number of methoxy groups -OCH3 is 1. The smallest absolute Gasteiger partial charge is 0.227 e. The number of thiazole rings is 1. The van der Waals surface area contributed by atoms with Gasteiger partial charge in [-0.2, -0.15) is 0 Å². The lowest BCUT2D eigenvalue weighted by Crippen LogP contribution is -2.45. The highest BCUT2D eigenvalue weighted by Crippen LogP contribution is 2.32. The minimum absolute atomic E-state index is 0.226. The van der Waals surface area contributed by atoms with Crippen molar-refractivity contribution in [1.29, 1.82) is 0 Å². The number of aryl methyl sites for hydroxylation is 1. The van der Waals surface area contributed by atoms with Gasteiger partial charge in [0.25, 0.3) is 0 Å². The Hall–Kier alpha value is -2.38. The van der Waals surface area contributed by atoms with Crippen LogP contribution in [0.2, 0.25) is 0 Å². The number of likely N-dealkylation sites (tertiary alicyclic amines) is 2. The van der Waals surface area contributed by atoms with Crippen molar-refractivity contribution < 1.29 is 9.53 Å². The van der Waals surface area contributed by atoms with Crippen LogP contribution in [0.5, 0.6) is 5.75 Å². The first-order valence-corrected chi connectivity index (χ1v) is 12.1.